The van der Waals surface area contributed by atoms with Crippen molar-refractivity contribution in [3.8, 4) is 33.4 Å². The van der Waals surface area contributed by atoms with Gasteiger partial charge in [-0.05, 0) is 130 Å². The summed E-state index contributed by atoms with van der Waals surface area (Å²) in [5, 5.41) is 12.5. The Morgan fingerprint density at radius 1 is 0.333 bits per heavy atom. The molecule has 10 aromatic rings. The molecule has 0 unspecified atom stereocenters. The highest BCUT2D eigenvalue weighted by Gasteiger charge is 2.21. The van der Waals surface area contributed by atoms with Gasteiger partial charge >= 0.3 is 0 Å². The van der Waals surface area contributed by atoms with E-state index in [1.54, 1.807) is 0 Å². The van der Waals surface area contributed by atoms with Crippen molar-refractivity contribution < 1.29 is 4.42 Å². The van der Waals surface area contributed by atoms with Crippen LogP contribution in [-0.2, 0) is 6.42 Å². The average molecular weight is 609 g/mol. The van der Waals surface area contributed by atoms with E-state index in [0.717, 1.165) is 28.4 Å². The van der Waals surface area contributed by atoms with Crippen LogP contribution in [0.5, 0.6) is 0 Å². The zero-order valence-corrected chi connectivity index (χ0v) is 26.1. The summed E-state index contributed by atoms with van der Waals surface area (Å²) in [4.78, 5) is 0. The predicted octanol–water partition coefficient (Wildman–Crippen LogP) is 13.1. The first-order valence-corrected chi connectivity index (χ1v) is 16.7. The number of benzene rings is 9. The molecule has 1 aliphatic rings. The highest BCUT2D eigenvalue weighted by atomic mass is 16.3. The molecule has 0 fully saturated rings. The lowest BCUT2D eigenvalue weighted by molar-refractivity contribution is 0.669. The van der Waals surface area contributed by atoms with E-state index in [1.165, 1.54) is 87.6 Å². The van der Waals surface area contributed by atoms with Crippen LogP contribution in [0, 0.1) is 0 Å². The third-order valence-electron chi connectivity index (χ3n) is 10.6. The molecule has 0 radical (unpaired) electrons. The normalized spacial score (nSPS) is 12.5. The van der Waals surface area contributed by atoms with Crippen molar-refractivity contribution in [2.75, 3.05) is 0 Å². The van der Waals surface area contributed by atoms with E-state index in [-0.39, 0.29) is 0 Å². The topological polar surface area (TPSA) is 13.1 Å². The molecule has 0 aliphatic heterocycles. The maximum Gasteiger partial charge on any atom is 0.136 e. The van der Waals surface area contributed by atoms with Crippen LogP contribution in [0.4, 0.5) is 0 Å². The monoisotopic (exact) mass is 608 g/mol. The van der Waals surface area contributed by atoms with Crippen LogP contribution in [-0.4, -0.2) is 0 Å². The lowest BCUT2D eigenvalue weighted by atomic mass is 9.85. The van der Waals surface area contributed by atoms with Crippen molar-refractivity contribution in [1.82, 2.24) is 0 Å². The molecule has 0 atom stereocenters. The minimum absolute atomic E-state index is 0.920. The number of rotatable bonds is 2. The summed E-state index contributed by atoms with van der Waals surface area (Å²) in [7, 11) is 0. The van der Waals surface area contributed by atoms with Crippen LogP contribution in [0.1, 0.15) is 11.1 Å². The predicted molar refractivity (Wildman–Crippen MR) is 203 cm³/mol. The fourth-order valence-corrected chi connectivity index (χ4v) is 8.42. The van der Waals surface area contributed by atoms with Crippen LogP contribution >= 0.6 is 0 Å². The Balaban J connectivity index is 1.11. The third kappa shape index (κ3) is 3.67. The Bertz CT molecular complexity index is 2920. The fraction of sp³-hybridized carbons (Fsp3) is 0.0213. The largest absolute Gasteiger partial charge is 0.456 e. The molecule has 0 spiro atoms. The van der Waals surface area contributed by atoms with Crippen LogP contribution in [0.25, 0.3) is 98.4 Å². The maximum absolute atomic E-state index is 6.34. The van der Waals surface area contributed by atoms with Crippen LogP contribution < -0.4 is 0 Å². The van der Waals surface area contributed by atoms with Gasteiger partial charge < -0.3 is 4.42 Å². The van der Waals surface area contributed by atoms with Gasteiger partial charge in [0.1, 0.15) is 11.2 Å². The molecule has 0 N–H and O–H groups in total. The summed E-state index contributed by atoms with van der Waals surface area (Å²) in [6.45, 7) is 0. The third-order valence-corrected chi connectivity index (χ3v) is 10.6. The van der Waals surface area contributed by atoms with Gasteiger partial charge in [0, 0.05) is 10.8 Å². The second-order valence-electron chi connectivity index (χ2n) is 13.3. The van der Waals surface area contributed by atoms with Gasteiger partial charge in [0.05, 0.1) is 0 Å². The Labute approximate surface area is 277 Å². The zero-order valence-electron chi connectivity index (χ0n) is 26.1. The van der Waals surface area contributed by atoms with E-state index in [2.05, 4.69) is 146 Å². The van der Waals surface area contributed by atoms with Crippen molar-refractivity contribution in [3.05, 3.63) is 169 Å². The van der Waals surface area contributed by atoms with Gasteiger partial charge in [0.15, 0.2) is 0 Å². The highest BCUT2D eigenvalue weighted by molar-refractivity contribution is 6.22. The summed E-state index contributed by atoms with van der Waals surface area (Å²) in [5.41, 5.74) is 12.4. The lowest BCUT2D eigenvalue weighted by Crippen LogP contribution is -1.91. The number of fused-ring (bicyclic) bond motifs is 10. The molecule has 9 aromatic carbocycles. The van der Waals surface area contributed by atoms with Crippen molar-refractivity contribution in [3.63, 3.8) is 0 Å². The molecule has 0 saturated carbocycles. The summed E-state index contributed by atoms with van der Waals surface area (Å²) in [6.07, 6.45) is 0.978. The van der Waals surface area contributed by atoms with E-state index in [4.69, 9.17) is 4.42 Å². The van der Waals surface area contributed by atoms with Crippen LogP contribution in [0.2, 0.25) is 0 Å². The standard InChI is InChI=1S/C47H28O/c1-2-10-29-25-42-34(21-28(29)9-1)24-35-23-33-22-31(18-17-30(33)26-43(35)42)46-38-12-3-5-14-40(38)47(41-15-6-4-13-39(41)46)32-19-20-37-36-11-7-8-16-44(36)48-45(37)27-32/h1-23,25-27H,24H2. The molecular formula is C47H28O. The highest BCUT2D eigenvalue weighted by Crippen LogP contribution is 2.46. The molecule has 1 heterocycles. The van der Waals surface area contributed by atoms with Gasteiger partial charge in [-0.15, -0.1) is 0 Å². The summed E-state index contributed by atoms with van der Waals surface area (Å²) < 4.78 is 6.34. The van der Waals surface area contributed by atoms with Gasteiger partial charge in [-0.2, -0.15) is 0 Å². The minimum Gasteiger partial charge on any atom is -0.456 e. The Kier molecular flexibility index (Phi) is 5.23. The Morgan fingerprint density at radius 3 is 1.48 bits per heavy atom. The second-order valence-corrected chi connectivity index (χ2v) is 13.3. The molecule has 0 saturated heterocycles. The zero-order chi connectivity index (χ0) is 31.3. The lowest BCUT2D eigenvalue weighted by Gasteiger charge is -2.18. The van der Waals surface area contributed by atoms with E-state index in [0.29, 0.717) is 0 Å². The first-order valence-electron chi connectivity index (χ1n) is 16.7. The van der Waals surface area contributed by atoms with Crippen molar-refractivity contribution >= 4 is 65.0 Å². The van der Waals surface area contributed by atoms with Gasteiger partial charge in [-0.1, -0.05) is 121 Å². The molecule has 1 aromatic heterocycles. The number of para-hydroxylation sites is 1. The first-order chi connectivity index (χ1) is 23.8. The van der Waals surface area contributed by atoms with Crippen molar-refractivity contribution in [1.29, 1.82) is 0 Å². The Morgan fingerprint density at radius 2 is 0.812 bits per heavy atom. The smallest absolute Gasteiger partial charge is 0.136 e. The Hall–Kier alpha value is -6.18. The van der Waals surface area contributed by atoms with Crippen molar-refractivity contribution in [2.24, 2.45) is 0 Å². The van der Waals surface area contributed by atoms with Gasteiger partial charge in [0.2, 0.25) is 0 Å². The molecule has 48 heavy (non-hydrogen) atoms. The number of hydrogen-bond acceptors (Lipinski definition) is 1. The van der Waals surface area contributed by atoms with E-state index in [1.807, 2.05) is 12.1 Å². The summed E-state index contributed by atoms with van der Waals surface area (Å²) >= 11 is 0. The van der Waals surface area contributed by atoms with Gasteiger partial charge in [-0.3, -0.25) is 0 Å². The van der Waals surface area contributed by atoms with E-state index < -0.39 is 0 Å². The number of hydrogen-bond donors (Lipinski definition) is 0. The average Bonchev–Trinajstić information content (AvgIpc) is 3.68. The summed E-state index contributed by atoms with van der Waals surface area (Å²) in [6, 6.07) is 58.1. The van der Waals surface area contributed by atoms with E-state index in [9.17, 15) is 0 Å². The van der Waals surface area contributed by atoms with Crippen LogP contribution in [0.15, 0.2) is 162 Å². The maximum atomic E-state index is 6.34. The molecular weight excluding hydrogens is 581 g/mol. The molecule has 11 rings (SSSR count). The molecule has 0 amide bonds. The fourth-order valence-electron chi connectivity index (χ4n) is 8.42. The minimum atomic E-state index is 0.920. The molecule has 222 valence electrons. The molecule has 1 nitrogen and oxygen atoms in total. The number of furan rings is 1. The van der Waals surface area contributed by atoms with Crippen molar-refractivity contribution in [2.45, 2.75) is 6.42 Å². The van der Waals surface area contributed by atoms with E-state index >= 15 is 0 Å². The summed E-state index contributed by atoms with van der Waals surface area (Å²) in [5.74, 6) is 0. The second kappa shape index (κ2) is 9.67. The van der Waals surface area contributed by atoms with Gasteiger partial charge in [0.25, 0.3) is 0 Å². The molecule has 1 heteroatoms. The molecule has 0 bridgehead atoms. The van der Waals surface area contributed by atoms with Crippen LogP contribution in [0.3, 0.4) is 0 Å². The van der Waals surface area contributed by atoms with Gasteiger partial charge in [-0.25, -0.2) is 0 Å². The first kappa shape index (κ1) is 25.9. The quantitative estimate of drug-likeness (QED) is 0.178. The SMILES string of the molecule is c1ccc2cc3c(cc2c1)Cc1cc2cc(-c4c5ccccc5c(-c5ccc6c(c5)oc5ccccc56)c5ccccc45)ccc2cc1-3. The molecule has 1 aliphatic carbocycles.